The molecular formula is C28H21ClN2O4. The van der Waals surface area contributed by atoms with Crippen molar-refractivity contribution in [3.63, 3.8) is 0 Å². The molecule has 0 radical (unpaired) electrons. The number of nitrogens with one attached hydrogen (secondary N) is 1. The first kappa shape index (κ1) is 23.7. The van der Waals surface area contributed by atoms with Crippen molar-refractivity contribution in [2.24, 2.45) is 5.10 Å². The number of para-hydroxylation sites is 1. The Labute approximate surface area is 207 Å². The molecule has 7 heteroatoms. The highest BCUT2D eigenvalue weighted by Gasteiger charge is 2.12. The van der Waals surface area contributed by atoms with Crippen LogP contribution in [0.4, 0.5) is 0 Å². The predicted octanol–water partition coefficient (Wildman–Crippen LogP) is 5.90. The number of hydrazone groups is 1. The van der Waals surface area contributed by atoms with E-state index in [-0.39, 0.29) is 0 Å². The maximum atomic E-state index is 12.6. The smallest absolute Gasteiger partial charge is 0.343 e. The second-order valence-electron chi connectivity index (χ2n) is 7.44. The van der Waals surface area contributed by atoms with Crippen LogP contribution in [0, 0.1) is 0 Å². The van der Waals surface area contributed by atoms with Crippen molar-refractivity contribution in [1.82, 2.24) is 5.43 Å². The Bertz CT molecular complexity index is 1320. The van der Waals surface area contributed by atoms with Gasteiger partial charge in [-0.15, -0.1) is 0 Å². The fourth-order valence-corrected chi connectivity index (χ4v) is 3.24. The number of hydrogen-bond acceptors (Lipinski definition) is 5. The van der Waals surface area contributed by atoms with Crippen LogP contribution in [-0.4, -0.2) is 18.1 Å². The van der Waals surface area contributed by atoms with Crippen LogP contribution in [0.25, 0.3) is 0 Å². The molecule has 1 amide bonds. The fourth-order valence-electron chi connectivity index (χ4n) is 3.11. The number of carbonyl (C=O) groups is 2. The molecule has 0 saturated carbocycles. The van der Waals surface area contributed by atoms with Gasteiger partial charge in [0.05, 0.1) is 17.3 Å². The van der Waals surface area contributed by atoms with Crippen molar-refractivity contribution in [3.8, 4) is 11.5 Å². The van der Waals surface area contributed by atoms with E-state index in [4.69, 9.17) is 21.1 Å². The van der Waals surface area contributed by atoms with E-state index in [1.54, 1.807) is 84.9 Å². The largest absolute Gasteiger partial charge is 0.488 e. The molecule has 4 rings (SSSR count). The number of nitrogens with zero attached hydrogens (tertiary/aromatic N) is 1. The molecule has 1 N–H and O–H groups in total. The zero-order chi connectivity index (χ0) is 24.5. The van der Waals surface area contributed by atoms with Gasteiger partial charge in [-0.05, 0) is 71.8 Å². The molecular weight excluding hydrogens is 464 g/mol. The molecule has 0 atom stereocenters. The Balaban J connectivity index is 1.33. The van der Waals surface area contributed by atoms with E-state index < -0.39 is 11.9 Å². The third-order valence-electron chi connectivity index (χ3n) is 4.92. The monoisotopic (exact) mass is 484 g/mol. The standard InChI is InChI=1S/C28H21ClN2O4/c29-23-14-10-21(11-15-23)19-34-26-9-5-4-8-25(26)27(32)31-30-18-20-12-16-24(17-13-20)35-28(33)22-6-2-1-3-7-22/h1-18H,19H2,(H,31,32)/b30-18-. The van der Waals surface area contributed by atoms with Crippen molar-refractivity contribution < 1.29 is 19.1 Å². The predicted molar refractivity (Wildman–Crippen MR) is 135 cm³/mol. The van der Waals surface area contributed by atoms with Gasteiger partial charge >= 0.3 is 5.97 Å². The molecule has 0 aliphatic heterocycles. The molecule has 4 aromatic carbocycles. The number of hydrogen-bond donors (Lipinski definition) is 1. The van der Waals surface area contributed by atoms with Crippen LogP contribution in [0.15, 0.2) is 108 Å². The lowest BCUT2D eigenvalue weighted by Gasteiger charge is -2.10. The van der Waals surface area contributed by atoms with Crippen LogP contribution in [0.3, 0.4) is 0 Å². The Morgan fingerprint density at radius 1 is 0.829 bits per heavy atom. The highest BCUT2D eigenvalue weighted by atomic mass is 35.5. The molecule has 0 heterocycles. The molecule has 174 valence electrons. The average molecular weight is 485 g/mol. The second-order valence-corrected chi connectivity index (χ2v) is 7.87. The third-order valence-corrected chi connectivity index (χ3v) is 5.17. The van der Waals surface area contributed by atoms with Gasteiger partial charge in [0.15, 0.2) is 0 Å². The second kappa shape index (κ2) is 11.6. The molecule has 0 aliphatic carbocycles. The van der Waals surface area contributed by atoms with E-state index in [0.717, 1.165) is 11.1 Å². The van der Waals surface area contributed by atoms with Crippen LogP contribution >= 0.6 is 11.6 Å². The molecule has 0 aromatic heterocycles. The summed E-state index contributed by atoms with van der Waals surface area (Å²) in [5.74, 6) is 0.0177. The summed E-state index contributed by atoms with van der Waals surface area (Å²) in [6.07, 6.45) is 1.50. The molecule has 0 spiro atoms. The zero-order valence-electron chi connectivity index (χ0n) is 18.6. The molecule has 0 bridgehead atoms. The van der Waals surface area contributed by atoms with Crippen molar-refractivity contribution in [2.45, 2.75) is 6.61 Å². The lowest BCUT2D eigenvalue weighted by Crippen LogP contribution is -2.18. The summed E-state index contributed by atoms with van der Waals surface area (Å²) < 4.78 is 11.2. The number of carbonyl (C=O) groups excluding carboxylic acids is 2. The quantitative estimate of drug-likeness (QED) is 0.146. The summed E-state index contributed by atoms with van der Waals surface area (Å²) in [6.45, 7) is 0.298. The Hall–Kier alpha value is -4.42. The minimum atomic E-state index is -0.434. The van der Waals surface area contributed by atoms with Gasteiger partial charge in [0.25, 0.3) is 5.91 Å². The van der Waals surface area contributed by atoms with Gasteiger partial charge in [-0.3, -0.25) is 4.79 Å². The molecule has 0 saturated heterocycles. The van der Waals surface area contributed by atoms with Crippen LogP contribution in [-0.2, 0) is 6.61 Å². The number of halogens is 1. The van der Waals surface area contributed by atoms with Crippen LogP contribution < -0.4 is 14.9 Å². The van der Waals surface area contributed by atoms with Gasteiger partial charge in [0.1, 0.15) is 18.1 Å². The van der Waals surface area contributed by atoms with Gasteiger partial charge in [0.2, 0.25) is 0 Å². The SMILES string of the molecule is O=C(Oc1ccc(/C=N\NC(=O)c2ccccc2OCc2ccc(Cl)cc2)cc1)c1ccccc1. The van der Waals surface area contributed by atoms with Crippen molar-refractivity contribution in [2.75, 3.05) is 0 Å². The Kier molecular flexibility index (Phi) is 7.88. The number of ether oxygens (including phenoxy) is 2. The van der Waals surface area contributed by atoms with Crippen LogP contribution in [0.1, 0.15) is 31.8 Å². The van der Waals surface area contributed by atoms with E-state index >= 15 is 0 Å². The molecule has 35 heavy (non-hydrogen) atoms. The first-order valence-electron chi connectivity index (χ1n) is 10.8. The zero-order valence-corrected chi connectivity index (χ0v) is 19.3. The number of rotatable bonds is 8. The number of esters is 1. The van der Waals surface area contributed by atoms with Crippen LogP contribution in [0.5, 0.6) is 11.5 Å². The molecule has 0 unspecified atom stereocenters. The minimum absolute atomic E-state index is 0.298. The van der Waals surface area contributed by atoms with E-state index in [2.05, 4.69) is 10.5 Å². The lowest BCUT2D eigenvalue weighted by molar-refractivity contribution is 0.0734. The summed E-state index contributed by atoms with van der Waals surface area (Å²) in [5.41, 5.74) is 4.99. The first-order valence-corrected chi connectivity index (χ1v) is 11.1. The number of benzene rings is 4. The Morgan fingerprint density at radius 3 is 2.26 bits per heavy atom. The van der Waals surface area contributed by atoms with E-state index in [1.165, 1.54) is 6.21 Å². The molecule has 0 aliphatic rings. The third kappa shape index (κ3) is 6.79. The summed E-state index contributed by atoms with van der Waals surface area (Å²) in [7, 11) is 0. The Morgan fingerprint density at radius 2 is 1.51 bits per heavy atom. The van der Waals surface area contributed by atoms with Crippen molar-refractivity contribution >= 4 is 29.7 Å². The van der Waals surface area contributed by atoms with Gasteiger partial charge in [-0.2, -0.15) is 5.10 Å². The molecule has 4 aromatic rings. The van der Waals surface area contributed by atoms with Gasteiger partial charge in [-0.25, -0.2) is 10.2 Å². The van der Waals surface area contributed by atoms with E-state index in [9.17, 15) is 9.59 Å². The maximum Gasteiger partial charge on any atom is 0.343 e. The summed E-state index contributed by atoms with van der Waals surface area (Å²) >= 11 is 5.91. The normalized spacial score (nSPS) is 10.7. The average Bonchev–Trinajstić information content (AvgIpc) is 2.90. The van der Waals surface area contributed by atoms with Gasteiger partial charge < -0.3 is 9.47 Å². The van der Waals surface area contributed by atoms with E-state index in [1.807, 2.05) is 18.2 Å². The number of amides is 1. The highest BCUT2D eigenvalue weighted by Crippen LogP contribution is 2.20. The first-order chi connectivity index (χ1) is 17.1. The van der Waals surface area contributed by atoms with Crippen LogP contribution in [0.2, 0.25) is 5.02 Å². The van der Waals surface area contributed by atoms with Crippen molar-refractivity contribution in [1.29, 1.82) is 0 Å². The molecule has 0 fully saturated rings. The minimum Gasteiger partial charge on any atom is -0.488 e. The summed E-state index contributed by atoms with van der Waals surface area (Å²) in [5, 5.41) is 4.67. The highest BCUT2D eigenvalue weighted by molar-refractivity contribution is 6.30. The topological polar surface area (TPSA) is 77.0 Å². The summed E-state index contributed by atoms with van der Waals surface area (Å²) in [4.78, 5) is 24.8. The lowest BCUT2D eigenvalue weighted by atomic mass is 10.2. The molecule has 6 nitrogen and oxygen atoms in total. The van der Waals surface area contributed by atoms with Crippen molar-refractivity contribution in [3.05, 3.63) is 130 Å². The fraction of sp³-hybridized carbons (Fsp3) is 0.0357. The van der Waals surface area contributed by atoms with Gasteiger partial charge in [-0.1, -0.05) is 54.1 Å². The maximum absolute atomic E-state index is 12.6. The summed E-state index contributed by atoms with van der Waals surface area (Å²) in [6, 6.07) is 29.8. The van der Waals surface area contributed by atoms with E-state index in [0.29, 0.717) is 34.3 Å². The van der Waals surface area contributed by atoms with Gasteiger partial charge in [0, 0.05) is 5.02 Å².